The lowest BCUT2D eigenvalue weighted by Crippen LogP contribution is -2.57. The van der Waals surface area contributed by atoms with Gasteiger partial charge in [-0.05, 0) is 0 Å². The van der Waals surface area contributed by atoms with Crippen LogP contribution in [0.3, 0.4) is 0 Å². The lowest BCUT2D eigenvalue weighted by atomic mass is 10.1. The minimum Gasteiger partial charge on any atom is -0.391 e. The topological polar surface area (TPSA) is 97.6 Å². The highest BCUT2D eigenvalue weighted by Gasteiger charge is 2.45. The summed E-state index contributed by atoms with van der Waals surface area (Å²) in [4.78, 5) is 0. The second-order valence-electron chi connectivity index (χ2n) is 2.66. The van der Waals surface area contributed by atoms with Crippen molar-refractivity contribution in [1.29, 1.82) is 0 Å². The van der Waals surface area contributed by atoms with Gasteiger partial charge >= 0.3 is 0 Å². The zero-order chi connectivity index (χ0) is 10.4. The van der Waals surface area contributed by atoms with Crippen LogP contribution in [-0.2, 0) is 18.9 Å². The molecule has 7 nitrogen and oxygen atoms in total. The molecule has 1 rings (SSSR count). The first kappa shape index (κ1) is 11.8. The van der Waals surface area contributed by atoms with Crippen molar-refractivity contribution in [3.63, 3.8) is 0 Å². The Hall–Kier alpha value is -0.280. The average Bonchev–Trinajstić information content (AvgIpc) is 2.22. The van der Waals surface area contributed by atoms with Gasteiger partial charge in [-0.1, -0.05) is 0 Å². The molecule has 0 aliphatic carbocycles. The maximum Gasteiger partial charge on any atom is 0.225 e. The van der Waals surface area contributed by atoms with E-state index in [4.69, 9.17) is 34.3 Å². The summed E-state index contributed by atoms with van der Waals surface area (Å²) in [5, 5.41) is 26.3. The summed E-state index contributed by atoms with van der Waals surface area (Å²) >= 11 is 0. The summed E-state index contributed by atoms with van der Waals surface area (Å²) in [5.41, 5.74) is 0. The van der Waals surface area contributed by atoms with Crippen LogP contribution in [0.15, 0.2) is 0 Å². The van der Waals surface area contributed by atoms with Crippen LogP contribution in [0, 0.1) is 0 Å². The summed E-state index contributed by atoms with van der Waals surface area (Å²) in [7, 11) is 0. The third kappa shape index (κ3) is 2.39. The molecular weight excluding hydrogens is 196 g/mol. The molecular formula is C7H14O7. The highest BCUT2D eigenvalue weighted by Crippen LogP contribution is 2.24. The number of aliphatic hydroxyl groups is 3. The third-order valence-electron chi connectivity index (χ3n) is 1.95. The molecule has 0 radical (unpaired) electrons. The van der Waals surface area contributed by atoms with Gasteiger partial charge in [-0.3, -0.25) is 0 Å². The van der Waals surface area contributed by atoms with Crippen LogP contribution in [0.1, 0.15) is 0 Å². The molecule has 1 heterocycles. The van der Waals surface area contributed by atoms with Gasteiger partial charge in [-0.25, -0.2) is 0 Å². The highest BCUT2D eigenvalue weighted by atomic mass is 16.8. The highest BCUT2D eigenvalue weighted by molar-refractivity contribution is 4.81. The molecule has 2 atom stereocenters. The number of rotatable bonds is 5. The van der Waals surface area contributed by atoms with Crippen molar-refractivity contribution >= 4 is 0 Å². The lowest BCUT2D eigenvalue weighted by Gasteiger charge is -2.40. The Balaban J connectivity index is 2.65. The molecule has 3 N–H and O–H groups in total. The van der Waals surface area contributed by atoms with Crippen molar-refractivity contribution in [3.8, 4) is 0 Å². The normalized spacial score (nSPS) is 33.2. The van der Waals surface area contributed by atoms with Crippen molar-refractivity contribution < 1.29 is 34.3 Å². The summed E-state index contributed by atoms with van der Waals surface area (Å²) < 4.78 is 19.6. The van der Waals surface area contributed by atoms with E-state index in [1.807, 2.05) is 0 Å². The predicted molar refractivity (Wildman–Crippen MR) is 41.9 cm³/mol. The zero-order valence-electron chi connectivity index (χ0n) is 7.59. The molecule has 0 aromatic rings. The van der Waals surface area contributed by atoms with Crippen molar-refractivity contribution in [2.75, 3.05) is 33.6 Å². The molecule has 2 unspecified atom stereocenters. The molecule has 0 saturated carbocycles. The van der Waals surface area contributed by atoms with Gasteiger partial charge in [-0.15, -0.1) is 0 Å². The van der Waals surface area contributed by atoms with E-state index < -0.39 is 32.1 Å². The molecule has 84 valence electrons. The van der Waals surface area contributed by atoms with Crippen molar-refractivity contribution in [3.05, 3.63) is 0 Å². The Bertz CT molecular complexity index is 158. The average molecular weight is 210 g/mol. The van der Waals surface area contributed by atoms with Gasteiger partial charge in [-0.2, -0.15) is 0 Å². The van der Waals surface area contributed by atoms with Crippen LogP contribution in [-0.4, -0.2) is 60.8 Å². The monoisotopic (exact) mass is 210 g/mol. The van der Waals surface area contributed by atoms with Gasteiger partial charge in [0, 0.05) is 0 Å². The van der Waals surface area contributed by atoms with Gasteiger partial charge in [0.1, 0.15) is 26.3 Å². The molecule has 1 saturated heterocycles. The Morgan fingerprint density at radius 1 is 1.29 bits per heavy atom. The fourth-order valence-electron chi connectivity index (χ4n) is 1.22. The molecule has 1 aliphatic heterocycles. The summed E-state index contributed by atoms with van der Waals surface area (Å²) in [6.07, 6.45) is -0.779. The molecule has 14 heavy (non-hydrogen) atoms. The Morgan fingerprint density at radius 3 is 2.64 bits per heavy atom. The second kappa shape index (κ2) is 5.56. The van der Waals surface area contributed by atoms with Crippen LogP contribution >= 0.6 is 0 Å². The Kier molecular flexibility index (Phi) is 4.69. The largest absolute Gasteiger partial charge is 0.391 e. The minimum atomic E-state index is -1.46. The van der Waals surface area contributed by atoms with Crippen LogP contribution < -0.4 is 0 Å². The van der Waals surface area contributed by atoms with E-state index in [0.717, 1.165) is 0 Å². The van der Waals surface area contributed by atoms with E-state index in [9.17, 15) is 0 Å². The molecule has 0 spiro atoms. The number of ether oxygens (including phenoxy) is 4. The van der Waals surface area contributed by atoms with Crippen LogP contribution in [0.5, 0.6) is 0 Å². The third-order valence-corrected chi connectivity index (χ3v) is 1.95. The van der Waals surface area contributed by atoms with Crippen molar-refractivity contribution in [2.45, 2.75) is 11.9 Å². The van der Waals surface area contributed by atoms with Crippen molar-refractivity contribution in [1.82, 2.24) is 0 Å². The molecule has 0 aromatic carbocycles. The van der Waals surface area contributed by atoms with E-state index >= 15 is 0 Å². The smallest absolute Gasteiger partial charge is 0.225 e. The summed E-state index contributed by atoms with van der Waals surface area (Å²) in [6.45, 7) is -1.62. The molecule has 7 heteroatoms. The number of aliphatic hydroxyl groups excluding tert-OH is 3. The summed E-state index contributed by atoms with van der Waals surface area (Å²) in [5.74, 6) is -1.46. The van der Waals surface area contributed by atoms with Crippen LogP contribution in [0.2, 0.25) is 0 Å². The maximum atomic E-state index is 9.09. The fourth-order valence-corrected chi connectivity index (χ4v) is 1.22. The molecule has 1 aliphatic rings. The van der Waals surface area contributed by atoms with Gasteiger partial charge in [0.05, 0.1) is 6.61 Å². The Labute approximate surface area is 80.8 Å². The lowest BCUT2D eigenvalue weighted by molar-refractivity contribution is -0.382. The second-order valence-corrected chi connectivity index (χ2v) is 2.66. The maximum absolute atomic E-state index is 9.09. The van der Waals surface area contributed by atoms with E-state index in [1.165, 1.54) is 0 Å². The van der Waals surface area contributed by atoms with E-state index in [2.05, 4.69) is 0 Å². The molecule has 0 bridgehead atoms. The molecule has 1 fully saturated rings. The SMILES string of the molecule is OCOC1COCOC1(CO)OCO. The standard InChI is InChI=1S/C7H14O7/c8-2-7(13-4-10)6(12-3-9)1-11-5-14-7/h6,8-10H,1-5H2. The molecule has 0 aromatic heterocycles. The first-order chi connectivity index (χ1) is 6.79. The van der Waals surface area contributed by atoms with Gasteiger partial charge in [0.15, 0.2) is 6.79 Å². The van der Waals surface area contributed by atoms with Crippen LogP contribution in [0.25, 0.3) is 0 Å². The minimum absolute atomic E-state index is 0.0636. The first-order valence-electron chi connectivity index (χ1n) is 4.09. The van der Waals surface area contributed by atoms with E-state index in [-0.39, 0.29) is 13.4 Å². The first-order valence-corrected chi connectivity index (χ1v) is 4.09. The van der Waals surface area contributed by atoms with Gasteiger partial charge in [0.2, 0.25) is 5.79 Å². The zero-order valence-corrected chi connectivity index (χ0v) is 7.59. The number of hydrogen-bond acceptors (Lipinski definition) is 7. The number of hydrogen-bond donors (Lipinski definition) is 3. The van der Waals surface area contributed by atoms with Gasteiger partial charge < -0.3 is 34.3 Å². The summed E-state index contributed by atoms with van der Waals surface area (Å²) in [6, 6.07) is 0. The van der Waals surface area contributed by atoms with Crippen molar-refractivity contribution in [2.24, 2.45) is 0 Å². The van der Waals surface area contributed by atoms with E-state index in [1.54, 1.807) is 0 Å². The van der Waals surface area contributed by atoms with Gasteiger partial charge in [0.25, 0.3) is 0 Å². The Morgan fingerprint density at radius 2 is 2.07 bits per heavy atom. The van der Waals surface area contributed by atoms with E-state index in [0.29, 0.717) is 0 Å². The fraction of sp³-hybridized carbons (Fsp3) is 1.00. The predicted octanol–water partition coefficient (Wildman–Crippen LogP) is -2.02. The quantitative estimate of drug-likeness (QED) is 0.450. The van der Waals surface area contributed by atoms with Crippen LogP contribution in [0.4, 0.5) is 0 Å². The molecule has 0 amide bonds.